The van der Waals surface area contributed by atoms with E-state index in [1.807, 2.05) is 13.8 Å². The number of nitrogens with one attached hydrogen (secondary N) is 1. The lowest BCUT2D eigenvalue weighted by atomic mass is 10.1. The second-order valence-corrected chi connectivity index (χ2v) is 4.07. The van der Waals surface area contributed by atoms with Gasteiger partial charge in [0.1, 0.15) is 0 Å². The third kappa shape index (κ3) is 3.85. The number of ether oxygens (including phenoxy) is 1. The van der Waals surface area contributed by atoms with E-state index in [4.69, 9.17) is 22.1 Å². The molecule has 0 saturated carbocycles. The summed E-state index contributed by atoms with van der Waals surface area (Å²) in [5, 5.41) is 3.12. The van der Waals surface area contributed by atoms with E-state index in [1.165, 1.54) is 0 Å². The smallest absolute Gasteiger partial charge is 0.229 e. The Bertz CT molecular complexity index is 324. The van der Waals surface area contributed by atoms with Gasteiger partial charge in [-0.1, -0.05) is 0 Å². The molecule has 0 fully saturated rings. The van der Waals surface area contributed by atoms with Crippen molar-refractivity contribution in [1.82, 2.24) is 15.0 Å². The number of nitrogens with two attached hydrogens (primary N) is 1. The number of nitrogens with zero attached hydrogens (tertiary/aromatic N) is 3. The molecule has 1 rings (SSSR count). The van der Waals surface area contributed by atoms with Crippen molar-refractivity contribution in [3.8, 4) is 0 Å². The predicted octanol–water partition coefficient (Wildman–Crippen LogP) is 0.944. The molecule has 7 heteroatoms. The van der Waals surface area contributed by atoms with Gasteiger partial charge in [0.05, 0.1) is 12.1 Å². The summed E-state index contributed by atoms with van der Waals surface area (Å²) >= 11 is 5.64. The van der Waals surface area contributed by atoms with Crippen LogP contribution >= 0.6 is 11.6 Å². The fourth-order valence-corrected chi connectivity index (χ4v) is 1.29. The number of methoxy groups -OCH3 is 1. The standard InChI is InChI=1S/C8H14ClN5O/c1-8(2,4-15-3)14-7-12-5(9)11-6(10)13-7/h4H2,1-3H3,(H3,10,11,12,13,14). The van der Waals surface area contributed by atoms with Crippen LogP contribution in [-0.4, -0.2) is 34.2 Å². The highest BCUT2D eigenvalue weighted by Crippen LogP contribution is 2.13. The molecule has 0 aliphatic heterocycles. The summed E-state index contributed by atoms with van der Waals surface area (Å²) in [5.41, 5.74) is 5.13. The SMILES string of the molecule is COCC(C)(C)Nc1nc(N)nc(Cl)n1. The van der Waals surface area contributed by atoms with Crippen LogP contribution in [0.3, 0.4) is 0 Å². The van der Waals surface area contributed by atoms with Crippen LogP contribution in [0.1, 0.15) is 13.8 Å². The maximum atomic E-state index is 5.64. The van der Waals surface area contributed by atoms with Crippen LogP contribution in [-0.2, 0) is 4.74 Å². The van der Waals surface area contributed by atoms with E-state index < -0.39 is 0 Å². The summed E-state index contributed by atoms with van der Waals surface area (Å²) in [6.45, 7) is 4.41. The molecule has 0 aromatic carbocycles. The largest absolute Gasteiger partial charge is 0.382 e. The monoisotopic (exact) mass is 231 g/mol. The minimum atomic E-state index is -0.300. The van der Waals surface area contributed by atoms with E-state index >= 15 is 0 Å². The molecule has 0 aliphatic carbocycles. The van der Waals surface area contributed by atoms with Crippen molar-refractivity contribution in [3.05, 3.63) is 5.28 Å². The number of hydrogen-bond donors (Lipinski definition) is 2. The van der Waals surface area contributed by atoms with Gasteiger partial charge >= 0.3 is 0 Å². The summed E-state index contributed by atoms with van der Waals surface area (Å²) in [6, 6.07) is 0. The molecule has 0 bridgehead atoms. The van der Waals surface area contributed by atoms with Crippen LogP contribution in [0.25, 0.3) is 0 Å². The number of rotatable bonds is 4. The van der Waals surface area contributed by atoms with E-state index in [1.54, 1.807) is 7.11 Å². The van der Waals surface area contributed by atoms with Gasteiger partial charge in [-0.15, -0.1) is 0 Å². The zero-order chi connectivity index (χ0) is 11.5. The Hall–Kier alpha value is -1.14. The van der Waals surface area contributed by atoms with Gasteiger partial charge in [0.2, 0.25) is 17.2 Å². The highest BCUT2D eigenvalue weighted by molar-refractivity contribution is 6.28. The van der Waals surface area contributed by atoms with Crippen molar-refractivity contribution >= 4 is 23.5 Å². The van der Waals surface area contributed by atoms with Crippen molar-refractivity contribution in [3.63, 3.8) is 0 Å². The molecule has 6 nitrogen and oxygen atoms in total. The fourth-order valence-electron chi connectivity index (χ4n) is 1.12. The van der Waals surface area contributed by atoms with Gasteiger partial charge in [0, 0.05) is 7.11 Å². The highest BCUT2D eigenvalue weighted by atomic mass is 35.5. The Kier molecular flexibility index (Phi) is 3.65. The predicted molar refractivity (Wildman–Crippen MR) is 58.8 cm³/mol. The Morgan fingerprint density at radius 1 is 1.40 bits per heavy atom. The second kappa shape index (κ2) is 4.59. The first-order chi connectivity index (χ1) is 6.93. The van der Waals surface area contributed by atoms with Gasteiger partial charge in [0.15, 0.2) is 0 Å². The number of anilines is 2. The zero-order valence-corrected chi connectivity index (χ0v) is 9.67. The molecule has 0 amide bonds. The third-order valence-electron chi connectivity index (χ3n) is 1.58. The van der Waals surface area contributed by atoms with Gasteiger partial charge in [0.25, 0.3) is 0 Å². The number of nitrogen functional groups attached to an aromatic ring is 1. The first kappa shape index (κ1) is 11.9. The fraction of sp³-hybridized carbons (Fsp3) is 0.625. The van der Waals surface area contributed by atoms with E-state index in [2.05, 4.69) is 20.3 Å². The number of aromatic nitrogens is 3. The highest BCUT2D eigenvalue weighted by Gasteiger charge is 2.18. The summed E-state index contributed by atoms with van der Waals surface area (Å²) in [4.78, 5) is 11.5. The molecule has 1 aromatic heterocycles. The van der Waals surface area contributed by atoms with Crippen molar-refractivity contribution in [2.24, 2.45) is 0 Å². The number of halogens is 1. The van der Waals surface area contributed by atoms with Gasteiger partial charge in [-0.25, -0.2) is 0 Å². The zero-order valence-electron chi connectivity index (χ0n) is 8.91. The Morgan fingerprint density at radius 3 is 2.60 bits per heavy atom. The molecular formula is C8H14ClN5O. The molecule has 3 N–H and O–H groups in total. The van der Waals surface area contributed by atoms with Gasteiger partial charge in [-0.05, 0) is 25.4 Å². The maximum Gasteiger partial charge on any atom is 0.229 e. The molecule has 15 heavy (non-hydrogen) atoms. The van der Waals surface area contributed by atoms with Crippen molar-refractivity contribution < 1.29 is 4.74 Å². The normalized spacial score (nSPS) is 11.5. The van der Waals surface area contributed by atoms with E-state index in [0.29, 0.717) is 12.6 Å². The first-order valence-electron chi connectivity index (χ1n) is 4.37. The van der Waals surface area contributed by atoms with Crippen LogP contribution < -0.4 is 11.1 Å². The van der Waals surface area contributed by atoms with Crippen molar-refractivity contribution in [2.45, 2.75) is 19.4 Å². The molecule has 0 saturated heterocycles. The summed E-state index contributed by atoms with van der Waals surface area (Å²) in [6.07, 6.45) is 0. The third-order valence-corrected chi connectivity index (χ3v) is 1.75. The minimum Gasteiger partial charge on any atom is -0.382 e. The average Bonchev–Trinajstić information content (AvgIpc) is 1.99. The Labute approximate surface area is 93.2 Å². The van der Waals surface area contributed by atoms with Crippen molar-refractivity contribution in [2.75, 3.05) is 24.8 Å². The van der Waals surface area contributed by atoms with Crippen molar-refractivity contribution in [1.29, 1.82) is 0 Å². The Morgan fingerprint density at radius 2 is 2.07 bits per heavy atom. The average molecular weight is 232 g/mol. The molecule has 1 heterocycles. The number of hydrogen-bond acceptors (Lipinski definition) is 6. The van der Waals surface area contributed by atoms with E-state index in [-0.39, 0.29) is 16.8 Å². The summed E-state index contributed by atoms with van der Waals surface area (Å²) in [5.74, 6) is 0.431. The Balaban J connectivity index is 2.80. The molecule has 84 valence electrons. The van der Waals surface area contributed by atoms with Crippen LogP contribution in [0.5, 0.6) is 0 Å². The second-order valence-electron chi connectivity index (χ2n) is 3.73. The molecule has 0 spiro atoms. The molecule has 0 atom stereocenters. The van der Waals surface area contributed by atoms with Gasteiger partial charge < -0.3 is 15.8 Å². The molecule has 0 unspecified atom stereocenters. The lowest BCUT2D eigenvalue weighted by Crippen LogP contribution is -2.36. The molecule has 0 radical (unpaired) electrons. The van der Waals surface area contributed by atoms with Gasteiger partial charge in [-0.3, -0.25) is 0 Å². The molecular weight excluding hydrogens is 218 g/mol. The lowest BCUT2D eigenvalue weighted by Gasteiger charge is -2.24. The van der Waals surface area contributed by atoms with Crippen LogP contribution in [0.15, 0.2) is 0 Å². The topological polar surface area (TPSA) is 86.0 Å². The molecule has 0 aliphatic rings. The van der Waals surface area contributed by atoms with Crippen LogP contribution in [0.4, 0.5) is 11.9 Å². The first-order valence-corrected chi connectivity index (χ1v) is 4.75. The van der Waals surface area contributed by atoms with Gasteiger partial charge in [-0.2, -0.15) is 15.0 Å². The van der Waals surface area contributed by atoms with E-state index in [9.17, 15) is 0 Å². The lowest BCUT2D eigenvalue weighted by molar-refractivity contribution is 0.158. The maximum absolute atomic E-state index is 5.64. The quantitative estimate of drug-likeness (QED) is 0.802. The molecule has 1 aromatic rings. The summed E-state index contributed by atoms with van der Waals surface area (Å²) in [7, 11) is 1.62. The van der Waals surface area contributed by atoms with Crippen LogP contribution in [0.2, 0.25) is 5.28 Å². The van der Waals surface area contributed by atoms with E-state index in [0.717, 1.165) is 0 Å². The summed E-state index contributed by atoms with van der Waals surface area (Å²) < 4.78 is 5.04. The minimum absolute atomic E-state index is 0.0678. The van der Waals surface area contributed by atoms with Crippen LogP contribution in [0, 0.1) is 0 Å².